The second-order valence-electron chi connectivity index (χ2n) is 17.4. The molecule has 318 valence electrons. The Bertz CT molecular complexity index is 2530. The Morgan fingerprint density at radius 3 is 2.21 bits per heavy atom. The normalized spacial score (nSPS) is 21.0. The number of likely N-dealkylation sites (tertiary alicyclic amines) is 2. The summed E-state index contributed by atoms with van der Waals surface area (Å²) in [7, 11) is 2.59. The van der Waals surface area contributed by atoms with Crippen LogP contribution in [0.25, 0.3) is 44.5 Å². The van der Waals surface area contributed by atoms with Gasteiger partial charge in [0.1, 0.15) is 36.1 Å². The Balaban J connectivity index is 0.911. The van der Waals surface area contributed by atoms with Crippen LogP contribution in [0.5, 0.6) is 5.75 Å². The molecule has 3 aromatic carbocycles. The predicted octanol–water partition coefficient (Wildman–Crippen LogP) is 7.27. The highest BCUT2D eigenvalue weighted by Gasteiger charge is 2.56. The van der Waals surface area contributed by atoms with Gasteiger partial charge >= 0.3 is 12.2 Å². The quantitative estimate of drug-likeness (QED) is 0.113. The van der Waals surface area contributed by atoms with Crippen LogP contribution >= 0.6 is 0 Å². The zero-order valence-electron chi connectivity index (χ0n) is 35.3. The Kier molecular flexibility index (Phi) is 10.4. The first kappa shape index (κ1) is 40.0. The molecule has 4 N–H and O–H groups in total. The molecule has 0 radical (unpaired) electrons. The van der Waals surface area contributed by atoms with Crippen LogP contribution in [-0.2, 0) is 25.7 Å². The van der Waals surface area contributed by atoms with Gasteiger partial charge in [-0.05, 0) is 95.5 Å². The molecule has 1 aliphatic carbocycles. The van der Waals surface area contributed by atoms with E-state index in [-0.39, 0.29) is 41.8 Å². The number of piperidine rings is 1. The van der Waals surface area contributed by atoms with Crippen molar-refractivity contribution in [2.75, 3.05) is 20.8 Å². The van der Waals surface area contributed by atoms with Crippen LogP contribution in [0.2, 0.25) is 0 Å². The van der Waals surface area contributed by atoms with E-state index in [9.17, 15) is 19.2 Å². The zero-order chi connectivity index (χ0) is 42.7. The number of aromatic nitrogens is 4. The van der Waals surface area contributed by atoms with E-state index < -0.39 is 24.3 Å². The molecular weight excluding hydrogens is 777 g/mol. The van der Waals surface area contributed by atoms with Crippen LogP contribution in [0.1, 0.15) is 82.7 Å². The van der Waals surface area contributed by atoms with Gasteiger partial charge in [-0.2, -0.15) is 0 Å². The van der Waals surface area contributed by atoms with Crippen LogP contribution < -0.4 is 15.4 Å². The van der Waals surface area contributed by atoms with Crippen molar-refractivity contribution in [3.63, 3.8) is 0 Å². The Hall–Kier alpha value is -6.38. The Morgan fingerprint density at radius 1 is 0.787 bits per heavy atom. The van der Waals surface area contributed by atoms with Gasteiger partial charge in [0, 0.05) is 18.2 Å². The maximum absolute atomic E-state index is 13.9. The van der Waals surface area contributed by atoms with Gasteiger partial charge in [-0.15, -0.1) is 0 Å². The topological polar surface area (TPSA) is 184 Å². The number of benzene rings is 3. The molecule has 2 saturated heterocycles. The van der Waals surface area contributed by atoms with Crippen molar-refractivity contribution < 1.29 is 33.4 Å². The highest BCUT2D eigenvalue weighted by atomic mass is 16.5. The third-order valence-corrected chi connectivity index (χ3v) is 12.8. The van der Waals surface area contributed by atoms with Crippen LogP contribution in [-0.4, -0.2) is 92.6 Å². The molecule has 4 amide bonds. The third-order valence-electron chi connectivity index (χ3n) is 12.8. The summed E-state index contributed by atoms with van der Waals surface area (Å²) in [6, 6.07) is 17.1. The monoisotopic (exact) mass is 828 g/mol. The molecule has 61 heavy (non-hydrogen) atoms. The number of carbonyl (C=O) groups is 4. The van der Waals surface area contributed by atoms with Crippen LogP contribution in [0.15, 0.2) is 60.8 Å². The van der Waals surface area contributed by atoms with E-state index in [0.29, 0.717) is 19.1 Å². The van der Waals surface area contributed by atoms with Gasteiger partial charge in [-0.3, -0.25) is 9.59 Å². The fraction of sp³-hybridized carbons (Fsp3) is 0.435. The van der Waals surface area contributed by atoms with Gasteiger partial charge in [-0.1, -0.05) is 58.0 Å². The number of hydrogen-bond donors (Lipinski definition) is 4. The number of rotatable bonds is 10. The molecule has 5 aromatic rings. The number of fused-ring (bicyclic) bond motifs is 5. The summed E-state index contributed by atoms with van der Waals surface area (Å²) in [5.41, 5.74) is 8.72. The lowest BCUT2D eigenvalue weighted by atomic mass is 9.92. The van der Waals surface area contributed by atoms with Crippen LogP contribution in [0.3, 0.4) is 0 Å². The summed E-state index contributed by atoms with van der Waals surface area (Å²) in [4.78, 5) is 72.1. The second-order valence-corrected chi connectivity index (χ2v) is 17.4. The van der Waals surface area contributed by atoms with Gasteiger partial charge in [0.15, 0.2) is 0 Å². The summed E-state index contributed by atoms with van der Waals surface area (Å²) in [5, 5.41) is 5.45. The number of H-pyrrole nitrogens is 2. The number of nitrogens with zero attached hydrogens (tertiary/aromatic N) is 4. The van der Waals surface area contributed by atoms with Crippen LogP contribution in [0, 0.1) is 17.8 Å². The van der Waals surface area contributed by atoms with Crippen molar-refractivity contribution in [1.29, 1.82) is 0 Å². The number of imidazole rings is 2. The molecule has 15 nitrogen and oxygen atoms in total. The molecule has 1 saturated carbocycles. The van der Waals surface area contributed by atoms with Crippen LogP contribution in [0.4, 0.5) is 9.59 Å². The zero-order valence-corrected chi connectivity index (χ0v) is 35.3. The van der Waals surface area contributed by atoms with E-state index in [1.165, 1.54) is 14.2 Å². The van der Waals surface area contributed by atoms with Gasteiger partial charge in [-0.25, -0.2) is 19.6 Å². The average Bonchev–Trinajstić information content (AvgIpc) is 3.77. The molecule has 0 spiro atoms. The second kappa shape index (κ2) is 15.9. The lowest BCUT2D eigenvalue weighted by Crippen LogP contribution is -2.52. The molecule has 3 aliphatic heterocycles. The third kappa shape index (κ3) is 7.44. The van der Waals surface area contributed by atoms with E-state index in [2.05, 4.69) is 69.1 Å². The SMILES string of the molecule is COC(=O)N[C@H](C(=O)N1CCC[C@H]1c1ncc(-c2ccc3c(c2)COc2cc(-c4ccc5nc(C6CC7C[C@H]7N6C(=O)[C@@H](NC(=O)OC)C(C)C)[nH]c5c4)ccc2-3)[nH]1)C(C)C. The minimum absolute atomic E-state index is 0.104. The van der Waals surface area contributed by atoms with E-state index in [1.807, 2.05) is 49.8 Å². The minimum atomic E-state index is -0.697. The largest absolute Gasteiger partial charge is 0.488 e. The van der Waals surface area contributed by atoms with Gasteiger partial charge in [0.2, 0.25) is 11.8 Å². The number of aromatic amines is 2. The number of hydrogen-bond acceptors (Lipinski definition) is 9. The number of carbonyl (C=O) groups excluding carboxylic acids is 4. The lowest BCUT2D eigenvalue weighted by Gasteiger charge is -2.31. The van der Waals surface area contributed by atoms with Crippen molar-refractivity contribution >= 4 is 35.0 Å². The maximum atomic E-state index is 13.9. The van der Waals surface area contributed by atoms with Gasteiger partial charge in [0.05, 0.1) is 49.2 Å². The van der Waals surface area contributed by atoms with Crippen molar-refractivity contribution in [1.82, 2.24) is 40.4 Å². The molecule has 0 bridgehead atoms. The number of methoxy groups -OCH3 is 2. The number of alkyl carbamates (subject to hydrolysis) is 2. The summed E-state index contributed by atoms with van der Waals surface area (Å²) in [5.74, 6) is 2.24. The Labute approximate surface area is 353 Å². The van der Waals surface area contributed by atoms with Crippen molar-refractivity contribution in [2.24, 2.45) is 17.8 Å². The van der Waals surface area contributed by atoms with E-state index in [1.54, 1.807) is 0 Å². The number of nitrogens with one attached hydrogen (secondary N) is 4. The molecule has 15 heteroatoms. The molecule has 9 rings (SSSR count). The standard InChI is InChI=1S/C46H52N8O7/c1-23(2)39(51-45(57)59-5)43(55)53-15-7-8-35(53)41-47-21-34(50-41)27-10-12-30-29(16-27)22-61-38-20-26(9-13-31(30)38)25-11-14-32-33(17-25)49-42(48-32)37-19-28-18-36(28)54(37)44(56)40(24(3)4)52-46(58)60-6/h9-14,16-17,20-21,23-24,28,35-37,39-40H,7-8,15,18-19,22H2,1-6H3,(H,47,50)(H,48,49)(H,51,57)(H,52,58)/t28?,35-,36+,37?,39-,40-/m0/s1. The highest BCUT2D eigenvalue weighted by molar-refractivity contribution is 5.89. The molecule has 3 fully saturated rings. The summed E-state index contributed by atoms with van der Waals surface area (Å²) in [6.45, 7) is 8.64. The first-order valence-electron chi connectivity index (χ1n) is 21.2. The summed E-state index contributed by atoms with van der Waals surface area (Å²) in [6.07, 6.45) is 3.99. The van der Waals surface area contributed by atoms with E-state index >= 15 is 0 Å². The summed E-state index contributed by atoms with van der Waals surface area (Å²) >= 11 is 0. The van der Waals surface area contributed by atoms with E-state index in [0.717, 1.165) is 93.2 Å². The minimum Gasteiger partial charge on any atom is -0.488 e. The average molecular weight is 829 g/mol. The first-order chi connectivity index (χ1) is 29.4. The first-order valence-corrected chi connectivity index (χ1v) is 21.2. The smallest absolute Gasteiger partial charge is 0.407 e. The van der Waals surface area contributed by atoms with Crippen molar-refractivity contribution in [3.8, 4) is 39.3 Å². The maximum Gasteiger partial charge on any atom is 0.407 e. The molecule has 4 aliphatic rings. The molecule has 5 heterocycles. The molecule has 2 unspecified atom stereocenters. The lowest BCUT2D eigenvalue weighted by molar-refractivity contribution is -0.137. The van der Waals surface area contributed by atoms with Gasteiger partial charge < -0.3 is 44.6 Å². The van der Waals surface area contributed by atoms with Crippen molar-refractivity contribution in [2.45, 2.75) is 90.2 Å². The number of ether oxygens (including phenoxy) is 3. The van der Waals surface area contributed by atoms with Gasteiger partial charge in [0.25, 0.3) is 0 Å². The predicted molar refractivity (Wildman–Crippen MR) is 227 cm³/mol. The molecular formula is C46H52N8O7. The fourth-order valence-corrected chi connectivity index (χ4v) is 9.43. The van der Waals surface area contributed by atoms with Crippen molar-refractivity contribution in [3.05, 3.63) is 78.0 Å². The Morgan fingerprint density at radius 2 is 1.48 bits per heavy atom. The molecule has 6 atom stereocenters. The summed E-state index contributed by atoms with van der Waals surface area (Å²) < 4.78 is 16.0. The number of amides is 4. The molecule has 2 aromatic heterocycles. The van der Waals surface area contributed by atoms with E-state index in [4.69, 9.17) is 24.2 Å². The fourth-order valence-electron chi connectivity index (χ4n) is 9.43. The highest BCUT2D eigenvalue weighted by Crippen LogP contribution is 2.53.